The average Bonchev–Trinajstić information content (AvgIpc) is 2.56. The molecule has 0 amide bonds. The topological polar surface area (TPSA) is 44.8 Å². The van der Waals surface area contributed by atoms with Crippen LogP contribution >= 0.6 is 0 Å². The second kappa shape index (κ2) is 8.88. The van der Waals surface area contributed by atoms with Crippen molar-refractivity contribution >= 4 is 22.6 Å². The standard InChI is InChI=1S/C20H42O4Si2/c1-11-26(12-2,13-3)22-14-17-18(15(4)16(5)19(21)23-17)24-25(9,10)20(6,7)8/h15-18H,11-14H2,1-10H3/t15-,16-,17+,18+/m0/s1. The molecular weight excluding hydrogens is 360 g/mol. The van der Waals surface area contributed by atoms with Gasteiger partial charge >= 0.3 is 5.97 Å². The van der Waals surface area contributed by atoms with E-state index in [9.17, 15) is 4.79 Å². The lowest BCUT2D eigenvalue weighted by Crippen LogP contribution is -2.57. The van der Waals surface area contributed by atoms with Gasteiger partial charge in [0.25, 0.3) is 0 Å². The highest BCUT2D eigenvalue weighted by molar-refractivity contribution is 6.74. The number of rotatable bonds is 8. The van der Waals surface area contributed by atoms with Crippen LogP contribution in [0, 0.1) is 11.8 Å². The number of carbonyl (C=O) groups excluding carboxylic acids is 1. The Morgan fingerprint density at radius 2 is 1.54 bits per heavy atom. The zero-order valence-corrected chi connectivity index (χ0v) is 20.8. The van der Waals surface area contributed by atoms with Crippen molar-refractivity contribution in [1.29, 1.82) is 0 Å². The van der Waals surface area contributed by atoms with E-state index in [1.54, 1.807) is 0 Å². The van der Waals surface area contributed by atoms with E-state index in [-0.39, 0.29) is 35.1 Å². The molecule has 1 fully saturated rings. The minimum atomic E-state index is -1.96. The molecule has 0 aromatic rings. The van der Waals surface area contributed by atoms with E-state index in [1.165, 1.54) is 0 Å². The largest absolute Gasteiger partial charge is 0.457 e. The number of carbonyl (C=O) groups is 1. The SMILES string of the molecule is CC[Si](CC)(CC)OC[C@H]1OC(=O)[C@@H](C)[C@H](C)[C@H]1O[Si](C)(C)C(C)(C)C. The van der Waals surface area contributed by atoms with Crippen molar-refractivity contribution in [2.24, 2.45) is 11.8 Å². The van der Waals surface area contributed by atoms with Gasteiger partial charge in [-0.15, -0.1) is 0 Å². The molecule has 0 unspecified atom stereocenters. The van der Waals surface area contributed by atoms with E-state index in [1.807, 2.05) is 6.92 Å². The monoisotopic (exact) mass is 402 g/mol. The van der Waals surface area contributed by atoms with Gasteiger partial charge in [-0.05, 0) is 42.2 Å². The van der Waals surface area contributed by atoms with Crippen molar-refractivity contribution in [2.45, 2.75) is 104 Å². The van der Waals surface area contributed by atoms with E-state index in [0.29, 0.717) is 6.61 Å². The lowest BCUT2D eigenvalue weighted by Gasteiger charge is -2.46. The minimum Gasteiger partial charge on any atom is -0.457 e. The van der Waals surface area contributed by atoms with Crippen LogP contribution in [0.25, 0.3) is 0 Å². The van der Waals surface area contributed by atoms with Gasteiger partial charge in [-0.3, -0.25) is 4.79 Å². The van der Waals surface area contributed by atoms with Gasteiger partial charge in [-0.25, -0.2) is 0 Å². The fourth-order valence-electron chi connectivity index (χ4n) is 3.31. The predicted molar refractivity (Wildman–Crippen MR) is 113 cm³/mol. The summed E-state index contributed by atoms with van der Waals surface area (Å²) < 4.78 is 19.1. The van der Waals surface area contributed by atoms with Crippen LogP contribution in [0.2, 0.25) is 36.3 Å². The molecule has 1 heterocycles. The highest BCUT2D eigenvalue weighted by Gasteiger charge is 2.48. The third-order valence-corrected chi connectivity index (χ3v) is 16.2. The summed E-state index contributed by atoms with van der Waals surface area (Å²) in [5, 5.41) is 0.123. The molecule has 0 radical (unpaired) electrons. The molecule has 0 aliphatic carbocycles. The van der Waals surface area contributed by atoms with Crippen LogP contribution in [0.3, 0.4) is 0 Å². The Morgan fingerprint density at radius 3 is 1.96 bits per heavy atom. The maximum atomic E-state index is 12.3. The number of hydrogen-bond donors (Lipinski definition) is 0. The molecule has 0 aromatic carbocycles. The van der Waals surface area contributed by atoms with Crippen LogP contribution < -0.4 is 0 Å². The zero-order valence-electron chi connectivity index (χ0n) is 18.8. The molecule has 26 heavy (non-hydrogen) atoms. The number of esters is 1. The highest BCUT2D eigenvalue weighted by atomic mass is 28.4. The van der Waals surface area contributed by atoms with Crippen molar-refractivity contribution in [2.75, 3.05) is 6.61 Å². The molecule has 1 saturated heterocycles. The molecule has 0 spiro atoms. The van der Waals surface area contributed by atoms with Crippen LogP contribution in [-0.4, -0.2) is 41.4 Å². The molecule has 4 atom stereocenters. The van der Waals surface area contributed by atoms with Crippen molar-refractivity contribution in [1.82, 2.24) is 0 Å². The minimum absolute atomic E-state index is 0.0825. The Labute approximate surface area is 163 Å². The van der Waals surface area contributed by atoms with Crippen molar-refractivity contribution in [3.8, 4) is 0 Å². The van der Waals surface area contributed by atoms with Crippen LogP contribution in [-0.2, 0) is 18.4 Å². The maximum Gasteiger partial charge on any atom is 0.309 e. The zero-order chi connectivity index (χ0) is 20.3. The number of ether oxygens (including phenoxy) is 1. The number of hydrogen-bond acceptors (Lipinski definition) is 4. The first-order valence-electron chi connectivity index (χ1n) is 10.4. The van der Waals surface area contributed by atoms with E-state index >= 15 is 0 Å². The summed E-state index contributed by atoms with van der Waals surface area (Å²) in [4.78, 5) is 12.3. The molecule has 4 nitrogen and oxygen atoms in total. The van der Waals surface area contributed by atoms with Crippen molar-refractivity contribution in [3.63, 3.8) is 0 Å². The van der Waals surface area contributed by atoms with Gasteiger partial charge in [0.1, 0.15) is 6.10 Å². The van der Waals surface area contributed by atoms with Gasteiger partial charge in [0, 0.05) is 0 Å². The summed E-state index contributed by atoms with van der Waals surface area (Å²) in [7, 11) is -3.69. The first kappa shape index (κ1) is 23.9. The summed E-state index contributed by atoms with van der Waals surface area (Å²) in [5.74, 6) is -0.107. The fourth-order valence-corrected chi connectivity index (χ4v) is 7.34. The smallest absolute Gasteiger partial charge is 0.309 e. The molecule has 0 saturated carbocycles. The first-order chi connectivity index (χ1) is 11.8. The van der Waals surface area contributed by atoms with Gasteiger partial charge < -0.3 is 13.6 Å². The molecule has 1 aliphatic rings. The van der Waals surface area contributed by atoms with Crippen LogP contribution in [0.15, 0.2) is 0 Å². The maximum absolute atomic E-state index is 12.3. The molecule has 0 aromatic heterocycles. The molecule has 1 rings (SSSR count). The Morgan fingerprint density at radius 1 is 1.04 bits per heavy atom. The van der Waals surface area contributed by atoms with Gasteiger partial charge in [-0.1, -0.05) is 55.4 Å². The first-order valence-corrected chi connectivity index (χ1v) is 15.8. The predicted octanol–water partition coefficient (Wildman–Crippen LogP) is 5.60. The normalized spacial score (nSPS) is 28.2. The fraction of sp³-hybridized carbons (Fsp3) is 0.950. The molecule has 0 bridgehead atoms. The molecule has 1 aliphatic heterocycles. The van der Waals surface area contributed by atoms with Gasteiger partial charge in [0.05, 0.1) is 18.6 Å². The van der Waals surface area contributed by atoms with Crippen molar-refractivity contribution in [3.05, 3.63) is 0 Å². The third-order valence-electron chi connectivity index (χ3n) is 7.04. The molecule has 154 valence electrons. The summed E-state index contributed by atoms with van der Waals surface area (Å²) in [5.41, 5.74) is 0. The van der Waals surface area contributed by atoms with Gasteiger partial charge in [0.2, 0.25) is 0 Å². The van der Waals surface area contributed by atoms with E-state index in [0.717, 1.165) is 18.1 Å². The quantitative estimate of drug-likeness (QED) is 0.392. The van der Waals surface area contributed by atoms with E-state index in [4.69, 9.17) is 13.6 Å². The van der Waals surface area contributed by atoms with Crippen LogP contribution in [0.1, 0.15) is 55.4 Å². The Bertz CT molecular complexity index is 461. The van der Waals surface area contributed by atoms with Gasteiger partial charge in [0.15, 0.2) is 16.6 Å². The third kappa shape index (κ3) is 5.21. The second-order valence-electron chi connectivity index (χ2n) is 9.52. The Kier molecular flexibility index (Phi) is 8.15. The Hall–Kier alpha value is -0.176. The highest BCUT2D eigenvalue weighted by Crippen LogP contribution is 2.41. The summed E-state index contributed by atoms with van der Waals surface area (Å²) in [6, 6.07) is 3.29. The summed E-state index contributed by atoms with van der Waals surface area (Å²) >= 11 is 0. The van der Waals surface area contributed by atoms with E-state index < -0.39 is 16.6 Å². The van der Waals surface area contributed by atoms with E-state index in [2.05, 4.69) is 61.6 Å². The summed E-state index contributed by atoms with van der Waals surface area (Å²) in [6.07, 6.45) is -0.375. The van der Waals surface area contributed by atoms with Crippen LogP contribution in [0.4, 0.5) is 0 Å². The Balaban J connectivity index is 3.02. The van der Waals surface area contributed by atoms with Crippen molar-refractivity contribution < 1.29 is 18.4 Å². The lowest BCUT2D eigenvalue weighted by atomic mass is 9.85. The number of cyclic esters (lactones) is 1. The lowest BCUT2D eigenvalue weighted by molar-refractivity contribution is -0.180. The average molecular weight is 403 g/mol. The van der Waals surface area contributed by atoms with Gasteiger partial charge in [-0.2, -0.15) is 0 Å². The summed E-state index contributed by atoms with van der Waals surface area (Å²) in [6.45, 7) is 22.5. The second-order valence-corrected chi connectivity index (χ2v) is 19.1. The molecular formula is C20H42O4Si2. The molecule has 0 N–H and O–H groups in total. The van der Waals surface area contributed by atoms with Crippen LogP contribution in [0.5, 0.6) is 0 Å². The molecule has 6 heteroatoms.